The molecular formula is C15H13ClN2O. The van der Waals surface area contributed by atoms with Gasteiger partial charge in [0.25, 0.3) is 0 Å². The van der Waals surface area contributed by atoms with E-state index >= 15 is 0 Å². The highest BCUT2D eigenvalue weighted by Gasteiger charge is 2.02. The first kappa shape index (κ1) is 12.1. The van der Waals surface area contributed by atoms with E-state index in [9.17, 15) is 0 Å². The van der Waals surface area contributed by atoms with E-state index in [4.69, 9.17) is 16.3 Å². The molecule has 0 amide bonds. The molecule has 0 atom stereocenters. The molecule has 0 bridgehead atoms. The zero-order valence-electron chi connectivity index (χ0n) is 10.3. The van der Waals surface area contributed by atoms with Gasteiger partial charge in [-0.25, -0.2) is 4.98 Å². The van der Waals surface area contributed by atoms with Gasteiger partial charge in [-0.1, -0.05) is 18.2 Å². The number of benzene rings is 1. The zero-order valence-corrected chi connectivity index (χ0v) is 11.0. The van der Waals surface area contributed by atoms with Gasteiger partial charge in [-0.2, -0.15) is 0 Å². The van der Waals surface area contributed by atoms with Gasteiger partial charge < -0.3 is 9.14 Å². The fraction of sp³-hybridized carbons (Fsp3) is 0.133. The van der Waals surface area contributed by atoms with Crippen LogP contribution in [-0.4, -0.2) is 9.38 Å². The van der Waals surface area contributed by atoms with E-state index in [1.807, 2.05) is 59.3 Å². The smallest absolute Gasteiger partial charge is 0.137 e. The zero-order chi connectivity index (χ0) is 13.1. The molecule has 0 saturated carbocycles. The van der Waals surface area contributed by atoms with Crippen LogP contribution in [0.2, 0.25) is 0 Å². The van der Waals surface area contributed by atoms with Crippen molar-refractivity contribution in [2.24, 2.45) is 0 Å². The third kappa shape index (κ3) is 2.71. The van der Waals surface area contributed by atoms with Crippen LogP contribution in [0.5, 0.6) is 5.75 Å². The molecule has 0 fully saturated rings. The third-order valence-electron chi connectivity index (χ3n) is 2.88. The predicted molar refractivity (Wildman–Crippen MR) is 75.5 cm³/mol. The molecule has 0 aliphatic carbocycles. The highest BCUT2D eigenvalue weighted by atomic mass is 35.5. The first-order chi connectivity index (χ1) is 9.35. The molecule has 4 heteroatoms. The minimum absolute atomic E-state index is 0.460. The summed E-state index contributed by atoms with van der Waals surface area (Å²) in [6, 6.07) is 13.7. The van der Waals surface area contributed by atoms with E-state index < -0.39 is 0 Å². The van der Waals surface area contributed by atoms with Crippen LogP contribution in [0.25, 0.3) is 5.65 Å². The highest BCUT2D eigenvalue weighted by molar-refractivity contribution is 6.17. The Morgan fingerprint density at radius 2 is 1.95 bits per heavy atom. The number of aromatic nitrogens is 2. The normalized spacial score (nSPS) is 10.8. The van der Waals surface area contributed by atoms with Crippen LogP contribution < -0.4 is 4.74 Å². The molecule has 0 unspecified atom stereocenters. The molecule has 0 spiro atoms. The van der Waals surface area contributed by atoms with Gasteiger partial charge in [-0.3, -0.25) is 0 Å². The molecule has 2 aromatic heterocycles. The van der Waals surface area contributed by atoms with Crippen molar-refractivity contribution in [2.75, 3.05) is 0 Å². The van der Waals surface area contributed by atoms with Crippen molar-refractivity contribution < 1.29 is 4.74 Å². The number of rotatable bonds is 4. The van der Waals surface area contributed by atoms with Crippen LogP contribution in [0.15, 0.2) is 54.9 Å². The van der Waals surface area contributed by atoms with Crippen molar-refractivity contribution in [3.8, 4) is 5.75 Å². The lowest BCUT2D eigenvalue weighted by molar-refractivity contribution is 0.302. The van der Waals surface area contributed by atoms with Crippen molar-refractivity contribution in [3.63, 3.8) is 0 Å². The van der Waals surface area contributed by atoms with Gasteiger partial charge in [0.15, 0.2) is 0 Å². The first-order valence-electron chi connectivity index (χ1n) is 6.05. The molecule has 96 valence electrons. The number of ether oxygens (including phenoxy) is 1. The van der Waals surface area contributed by atoms with Crippen molar-refractivity contribution in [3.05, 3.63) is 66.1 Å². The first-order valence-corrected chi connectivity index (χ1v) is 6.59. The second-order valence-corrected chi connectivity index (χ2v) is 4.53. The Balaban J connectivity index is 1.70. The molecule has 3 rings (SSSR count). The number of hydrogen-bond acceptors (Lipinski definition) is 2. The van der Waals surface area contributed by atoms with Gasteiger partial charge in [0.1, 0.15) is 18.0 Å². The van der Waals surface area contributed by atoms with E-state index in [0.717, 1.165) is 22.7 Å². The summed E-state index contributed by atoms with van der Waals surface area (Å²) in [6.45, 7) is 0.460. The Bertz CT molecular complexity index is 643. The van der Waals surface area contributed by atoms with Crippen molar-refractivity contribution in [1.82, 2.24) is 9.38 Å². The Labute approximate surface area is 116 Å². The van der Waals surface area contributed by atoms with Crippen LogP contribution in [0, 0.1) is 0 Å². The Hall–Kier alpha value is -2.00. The molecule has 0 aliphatic rings. The predicted octanol–water partition coefficient (Wildman–Crippen LogP) is 3.65. The molecule has 0 aliphatic heterocycles. The summed E-state index contributed by atoms with van der Waals surface area (Å²) < 4.78 is 7.68. The molecule has 1 aromatic carbocycles. The summed E-state index contributed by atoms with van der Waals surface area (Å²) >= 11 is 5.74. The molecule has 3 nitrogen and oxygen atoms in total. The quantitative estimate of drug-likeness (QED) is 0.678. The second kappa shape index (κ2) is 5.33. The maximum absolute atomic E-state index is 5.74. The van der Waals surface area contributed by atoms with Gasteiger partial charge >= 0.3 is 0 Å². The number of nitrogens with zero attached hydrogens (tertiary/aromatic N) is 2. The lowest BCUT2D eigenvalue weighted by Crippen LogP contribution is -1.95. The van der Waals surface area contributed by atoms with Crippen LogP contribution in [-0.2, 0) is 12.5 Å². The van der Waals surface area contributed by atoms with Gasteiger partial charge in [-0.15, -0.1) is 11.6 Å². The van der Waals surface area contributed by atoms with Crippen molar-refractivity contribution in [1.29, 1.82) is 0 Å². The number of fused-ring (bicyclic) bond motifs is 1. The maximum Gasteiger partial charge on any atom is 0.137 e. The fourth-order valence-electron chi connectivity index (χ4n) is 1.89. The van der Waals surface area contributed by atoms with E-state index in [1.54, 1.807) is 0 Å². The van der Waals surface area contributed by atoms with Crippen LogP contribution in [0.1, 0.15) is 11.3 Å². The Morgan fingerprint density at radius 1 is 1.11 bits per heavy atom. The number of imidazole rings is 1. The van der Waals surface area contributed by atoms with E-state index in [1.165, 1.54) is 0 Å². The van der Waals surface area contributed by atoms with Gasteiger partial charge in [0, 0.05) is 18.3 Å². The number of hydrogen-bond donors (Lipinski definition) is 0. The molecule has 2 heterocycles. The maximum atomic E-state index is 5.74. The van der Waals surface area contributed by atoms with Crippen LogP contribution in [0.4, 0.5) is 0 Å². The summed E-state index contributed by atoms with van der Waals surface area (Å²) in [7, 11) is 0. The fourth-order valence-corrected chi connectivity index (χ4v) is 2.07. The van der Waals surface area contributed by atoms with Crippen molar-refractivity contribution in [2.45, 2.75) is 12.5 Å². The highest BCUT2D eigenvalue weighted by Crippen LogP contribution is 2.15. The van der Waals surface area contributed by atoms with Gasteiger partial charge in [-0.05, 0) is 29.8 Å². The summed E-state index contributed by atoms with van der Waals surface area (Å²) in [4.78, 5) is 4.48. The van der Waals surface area contributed by atoms with Gasteiger partial charge in [0.05, 0.1) is 5.69 Å². The van der Waals surface area contributed by atoms with E-state index in [-0.39, 0.29) is 0 Å². The standard InChI is InChI=1S/C15H13ClN2O/c16-9-12-4-6-14(7-5-12)19-11-13-10-18-8-2-1-3-15(18)17-13/h1-8,10H,9,11H2. The topological polar surface area (TPSA) is 26.5 Å². The minimum Gasteiger partial charge on any atom is -0.487 e. The SMILES string of the molecule is ClCc1ccc(OCc2cn3ccccc3n2)cc1. The summed E-state index contributed by atoms with van der Waals surface area (Å²) in [5, 5.41) is 0. The lowest BCUT2D eigenvalue weighted by atomic mass is 10.2. The third-order valence-corrected chi connectivity index (χ3v) is 3.19. The molecule has 3 aromatic rings. The summed E-state index contributed by atoms with van der Waals surface area (Å²) in [5.74, 6) is 1.35. The average molecular weight is 273 g/mol. The van der Waals surface area contributed by atoms with Crippen LogP contribution in [0.3, 0.4) is 0 Å². The van der Waals surface area contributed by atoms with E-state index in [0.29, 0.717) is 12.5 Å². The second-order valence-electron chi connectivity index (χ2n) is 4.26. The minimum atomic E-state index is 0.460. The van der Waals surface area contributed by atoms with E-state index in [2.05, 4.69) is 4.98 Å². The number of halogens is 1. The van der Waals surface area contributed by atoms with Crippen LogP contribution >= 0.6 is 11.6 Å². The number of alkyl halides is 1. The van der Waals surface area contributed by atoms with Gasteiger partial charge in [0.2, 0.25) is 0 Å². The Morgan fingerprint density at radius 3 is 2.68 bits per heavy atom. The monoisotopic (exact) mass is 272 g/mol. The number of pyridine rings is 1. The summed E-state index contributed by atoms with van der Waals surface area (Å²) in [6.07, 6.45) is 3.95. The molecule has 19 heavy (non-hydrogen) atoms. The molecule has 0 saturated heterocycles. The molecule has 0 radical (unpaired) electrons. The largest absolute Gasteiger partial charge is 0.487 e. The Kier molecular flexibility index (Phi) is 3.38. The average Bonchev–Trinajstić information content (AvgIpc) is 2.88. The summed E-state index contributed by atoms with van der Waals surface area (Å²) in [5.41, 5.74) is 2.92. The lowest BCUT2D eigenvalue weighted by Gasteiger charge is -2.04. The van der Waals surface area contributed by atoms with Crippen molar-refractivity contribution >= 4 is 17.2 Å². The molecule has 0 N–H and O–H groups in total. The molecular weight excluding hydrogens is 260 g/mol.